The number of aromatic nitrogens is 2. The van der Waals surface area contributed by atoms with Crippen molar-refractivity contribution in [2.24, 2.45) is 4.99 Å². The van der Waals surface area contributed by atoms with Crippen LogP contribution in [-0.2, 0) is 13.1 Å². The first-order valence-electron chi connectivity index (χ1n) is 7.51. The van der Waals surface area contributed by atoms with Gasteiger partial charge in [-0.15, -0.1) is 35.3 Å². The molecule has 24 heavy (non-hydrogen) atoms. The standard InChI is InChI=1S/C15H24N6OS.HI/c1-10(2)13-6-12(22-20-13)8-18-14(16-3)17-7-11-9-23-15(19-11)21(4)5;/h6,9-10H,7-8H2,1-5H3,(H2,16,17,18);1H. The smallest absolute Gasteiger partial charge is 0.191 e. The van der Waals surface area contributed by atoms with Crippen LogP contribution in [0.3, 0.4) is 0 Å². The Balaban J connectivity index is 0.00000288. The van der Waals surface area contributed by atoms with E-state index in [4.69, 9.17) is 4.52 Å². The summed E-state index contributed by atoms with van der Waals surface area (Å²) in [7, 11) is 5.71. The molecule has 0 spiro atoms. The summed E-state index contributed by atoms with van der Waals surface area (Å²) in [4.78, 5) is 10.7. The number of hydrogen-bond donors (Lipinski definition) is 2. The zero-order chi connectivity index (χ0) is 16.8. The molecule has 0 saturated carbocycles. The molecule has 2 heterocycles. The van der Waals surface area contributed by atoms with Crippen molar-refractivity contribution < 1.29 is 4.52 Å². The van der Waals surface area contributed by atoms with Gasteiger partial charge in [0.25, 0.3) is 0 Å². The number of hydrogen-bond acceptors (Lipinski definition) is 6. The van der Waals surface area contributed by atoms with E-state index in [9.17, 15) is 0 Å². The van der Waals surface area contributed by atoms with Gasteiger partial charge in [-0.1, -0.05) is 19.0 Å². The molecular formula is C15H25IN6OS. The van der Waals surface area contributed by atoms with E-state index in [-0.39, 0.29) is 24.0 Å². The maximum atomic E-state index is 5.30. The van der Waals surface area contributed by atoms with E-state index in [1.165, 1.54) is 0 Å². The predicted octanol–water partition coefficient (Wildman–Crippen LogP) is 2.80. The molecular weight excluding hydrogens is 439 g/mol. The second kappa shape index (κ2) is 9.82. The van der Waals surface area contributed by atoms with Crippen molar-refractivity contribution in [1.29, 1.82) is 0 Å². The molecule has 2 N–H and O–H groups in total. The Bertz CT molecular complexity index is 600. The molecule has 0 fully saturated rings. The number of rotatable bonds is 6. The highest BCUT2D eigenvalue weighted by Gasteiger charge is 2.09. The van der Waals surface area contributed by atoms with Crippen LogP contribution in [0.25, 0.3) is 0 Å². The molecule has 0 radical (unpaired) electrons. The molecule has 134 valence electrons. The Morgan fingerprint density at radius 2 is 2.04 bits per heavy atom. The Kier molecular flexibility index (Phi) is 8.46. The van der Waals surface area contributed by atoms with Gasteiger partial charge >= 0.3 is 0 Å². The maximum Gasteiger partial charge on any atom is 0.191 e. The van der Waals surface area contributed by atoms with Crippen LogP contribution in [0, 0.1) is 0 Å². The zero-order valence-corrected chi connectivity index (χ0v) is 17.8. The van der Waals surface area contributed by atoms with E-state index in [0.29, 0.717) is 25.0 Å². The monoisotopic (exact) mass is 464 g/mol. The molecule has 0 bridgehead atoms. The summed E-state index contributed by atoms with van der Waals surface area (Å²) in [5.41, 5.74) is 1.95. The average molecular weight is 464 g/mol. The van der Waals surface area contributed by atoms with Gasteiger partial charge in [0.1, 0.15) is 0 Å². The number of anilines is 1. The predicted molar refractivity (Wildman–Crippen MR) is 109 cm³/mol. The largest absolute Gasteiger partial charge is 0.359 e. The number of halogens is 1. The minimum atomic E-state index is 0. The topological polar surface area (TPSA) is 78.6 Å². The van der Waals surface area contributed by atoms with Gasteiger partial charge in [-0.2, -0.15) is 0 Å². The minimum Gasteiger partial charge on any atom is -0.359 e. The lowest BCUT2D eigenvalue weighted by Gasteiger charge is -2.09. The van der Waals surface area contributed by atoms with Crippen molar-refractivity contribution in [2.45, 2.75) is 32.9 Å². The highest BCUT2D eigenvalue weighted by molar-refractivity contribution is 14.0. The normalized spacial score (nSPS) is 11.3. The fourth-order valence-electron chi connectivity index (χ4n) is 1.83. The summed E-state index contributed by atoms with van der Waals surface area (Å²) in [6.45, 7) is 5.34. The number of nitrogens with zero attached hydrogens (tertiary/aromatic N) is 4. The van der Waals surface area contributed by atoms with E-state index in [0.717, 1.165) is 22.3 Å². The average Bonchev–Trinajstić information content (AvgIpc) is 3.16. The van der Waals surface area contributed by atoms with Crippen LogP contribution >= 0.6 is 35.3 Å². The third-order valence-corrected chi connectivity index (χ3v) is 4.24. The minimum absolute atomic E-state index is 0. The number of nitrogens with one attached hydrogen (secondary N) is 2. The fourth-order valence-corrected chi connectivity index (χ4v) is 2.59. The fraction of sp³-hybridized carbons (Fsp3) is 0.533. The lowest BCUT2D eigenvalue weighted by molar-refractivity contribution is 0.372. The number of aliphatic imine (C=N–C) groups is 1. The van der Waals surface area contributed by atoms with Crippen LogP contribution in [-0.4, -0.2) is 37.2 Å². The van der Waals surface area contributed by atoms with Gasteiger partial charge in [-0.3, -0.25) is 4.99 Å². The van der Waals surface area contributed by atoms with Gasteiger partial charge in [0, 0.05) is 32.6 Å². The molecule has 0 amide bonds. The molecule has 9 heteroatoms. The van der Waals surface area contributed by atoms with E-state index >= 15 is 0 Å². The first-order valence-corrected chi connectivity index (χ1v) is 8.39. The second-order valence-corrected chi connectivity index (χ2v) is 6.50. The van der Waals surface area contributed by atoms with Gasteiger partial charge in [-0.25, -0.2) is 4.98 Å². The lowest BCUT2D eigenvalue weighted by atomic mass is 10.1. The van der Waals surface area contributed by atoms with Gasteiger partial charge in [0.15, 0.2) is 16.9 Å². The molecule has 2 rings (SSSR count). The molecule has 0 atom stereocenters. The van der Waals surface area contributed by atoms with Gasteiger partial charge in [-0.05, 0) is 5.92 Å². The number of guanidine groups is 1. The summed E-state index contributed by atoms with van der Waals surface area (Å²) in [6, 6.07) is 1.97. The van der Waals surface area contributed by atoms with Crippen LogP contribution in [0.15, 0.2) is 21.0 Å². The van der Waals surface area contributed by atoms with Crippen molar-refractivity contribution in [2.75, 3.05) is 26.0 Å². The summed E-state index contributed by atoms with van der Waals surface area (Å²) in [5, 5.41) is 13.5. The summed E-state index contributed by atoms with van der Waals surface area (Å²) >= 11 is 1.62. The van der Waals surface area contributed by atoms with E-state index < -0.39 is 0 Å². The highest BCUT2D eigenvalue weighted by atomic mass is 127. The van der Waals surface area contributed by atoms with Crippen LogP contribution < -0.4 is 15.5 Å². The second-order valence-electron chi connectivity index (χ2n) is 5.67. The van der Waals surface area contributed by atoms with Crippen LogP contribution in [0.2, 0.25) is 0 Å². The zero-order valence-electron chi connectivity index (χ0n) is 14.7. The Hall–Kier alpha value is -1.36. The molecule has 0 saturated heterocycles. The molecule has 0 aromatic carbocycles. The Labute approximate surface area is 163 Å². The van der Waals surface area contributed by atoms with Gasteiger partial charge in [0.2, 0.25) is 0 Å². The molecule has 2 aromatic rings. The van der Waals surface area contributed by atoms with E-state index in [2.05, 4.69) is 39.6 Å². The lowest BCUT2D eigenvalue weighted by Crippen LogP contribution is -2.36. The summed E-state index contributed by atoms with van der Waals surface area (Å²) in [6.07, 6.45) is 0. The van der Waals surface area contributed by atoms with E-state index in [1.54, 1.807) is 18.4 Å². The highest BCUT2D eigenvalue weighted by Crippen LogP contribution is 2.17. The van der Waals surface area contributed by atoms with Crippen LogP contribution in [0.5, 0.6) is 0 Å². The van der Waals surface area contributed by atoms with Crippen molar-refractivity contribution in [3.63, 3.8) is 0 Å². The SMILES string of the molecule is CN=C(NCc1csc(N(C)C)n1)NCc1cc(C(C)C)no1.I. The van der Waals surface area contributed by atoms with Crippen molar-refractivity contribution in [3.8, 4) is 0 Å². The Morgan fingerprint density at radius 1 is 1.33 bits per heavy atom. The summed E-state index contributed by atoms with van der Waals surface area (Å²) < 4.78 is 5.30. The third-order valence-electron chi connectivity index (χ3n) is 3.18. The third kappa shape index (κ3) is 5.93. The molecule has 0 aliphatic carbocycles. The summed E-state index contributed by atoms with van der Waals surface area (Å²) in [5.74, 6) is 1.85. The van der Waals surface area contributed by atoms with E-state index in [1.807, 2.05) is 30.4 Å². The Morgan fingerprint density at radius 3 is 2.58 bits per heavy atom. The number of thiazole rings is 1. The first-order chi connectivity index (χ1) is 11.0. The van der Waals surface area contributed by atoms with Crippen molar-refractivity contribution in [3.05, 3.63) is 28.6 Å². The van der Waals surface area contributed by atoms with Crippen LogP contribution in [0.1, 0.15) is 36.9 Å². The molecule has 0 unspecified atom stereocenters. The van der Waals surface area contributed by atoms with Crippen molar-refractivity contribution in [1.82, 2.24) is 20.8 Å². The van der Waals surface area contributed by atoms with Gasteiger partial charge < -0.3 is 20.1 Å². The van der Waals surface area contributed by atoms with Crippen molar-refractivity contribution >= 4 is 46.4 Å². The maximum absolute atomic E-state index is 5.30. The molecule has 0 aliphatic rings. The van der Waals surface area contributed by atoms with Crippen LogP contribution in [0.4, 0.5) is 5.13 Å². The molecule has 0 aliphatic heterocycles. The molecule has 7 nitrogen and oxygen atoms in total. The first kappa shape index (κ1) is 20.7. The molecule has 2 aromatic heterocycles. The van der Waals surface area contributed by atoms with Gasteiger partial charge in [0.05, 0.1) is 24.5 Å². The quantitative estimate of drug-likeness (QED) is 0.389.